The van der Waals surface area contributed by atoms with Gasteiger partial charge in [-0.05, 0) is 50.5 Å². The lowest BCUT2D eigenvalue weighted by Gasteiger charge is -2.32. The monoisotopic (exact) mass is 384 g/mol. The number of benzene rings is 1. The van der Waals surface area contributed by atoms with Crippen LogP contribution in [0.4, 0.5) is 5.69 Å². The fourth-order valence-electron chi connectivity index (χ4n) is 3.94. The highest BCUT2D eigenvalue weighted by Gasteiger charge is 2.40. The lowest BCUT2D eigenvalue weighted by atomic mass is 9.94. The van der Waals surface area contributed by atoms with Gasteiger partial charge in [-0.1, -0.05) is 19.3 Å². The summed E-state index contributed by atoms with van der Waals surface area (Å²) in [5.74, 6) is -0.717. The zero-order chi connectivity index (χ0) is 20.3. The van der Waals surface area contributed by atoms with Crippen LogP contribution in [0.2, 0.25) is 0 Å². The molecule has 28 heavy (non-hydrogen) atoms. The van der Waals surface area contributed by atoms with Gasteiger partial charge in [0, 0.05) is 23.9 Å². The molecular formula is C21H24N2O5. The highest BCUT2D eigenvalue weighted by Crippen LogP contribution is 2.37. The smallest absolute Gasteiger partial charge is 0.340 e. The molecule has 0 N–H and O–H groups in total. The largest absolute Gasteiger partial charge is 0.462 e. The number of hydrogen-bond acceptors (Lipinski definition) is 5. The van der Waals surface area contributed by atoms with E-state index in [1.54, 1.807) is 37.0 Å². The molecule has 0 atom stereocenters. The summed E-state index contributed by atoms with van der Waals surface area (Å²) in [7, 11) is 0. The van der Waals surface area contributed by atoms with E-state index in [1.807, 2.05) is 0 Å². The van der Waals surface area contributed by atoms with Gasteiger partial charge in [0.15, 0.2) is 0 Å². The quantitative estimate of drug-likeness (QED) is 0.331. The Morgan fingerprint density at radius 1 is 1.25 bits per heavy atom. The Bertz CT molecular complexity index is 848. The van der Waals surface area contributed by atoms with E-state index >= 15 is 0 Å². The van der Waals surface area contributed by atoms with Gasteiger partial charge in [0.2, 0.25) is 0 Å². The Morgan fingerprint density at radius 3 is 2.46 bits per heavy atom. The number of nitro groups is 1. The van der Waals surface area contributed by atoms with E-state index in [2.05, 4.69) is 0 Å². The van der Waals surface area contributed by atoms with Crippen molar-refractivity contribution in [3.8, 4) is 0 Å². The molecule has 7 nitrogen and oxygen atoms in total. The van der Waals surface area contributed by atoms with Gasteiger partial charge in [-0.15, -0.1) is 0 Å². The van der Waals surface area contributed by atoms with Crippen LogP contribution in [0.5, 0.6) is 0 Å². The maximum absolute atomic E-state index is 13.2. The molecule has 1 aromatic carbocycles. The van der Waals surface area contributed by atoms with Crippen molar-refractivity contribution in [1.82, 2.24) is 4.90 Å². The minimum absolute atomic E-state index is 0.0268. The fraction of sp³-hybridized carbons (Fsp3) is 0.429. The molecule has 1 aliphatic heterocycles. The number of hydrogen-bond donors (Lipinski definition) is 0. The molecule has 0 radical (unpaired) electrons. The summed E-state index contributed by atoms with van der Waals surface area (Å²) in [4.78, 5) is 37.9. The summed E-state index contributed by atoms with van der Waals surface area (Å²) in [6, 6.07) is 5.99. The minimum Gasteiger partial charge on any atom is -0.462 e. The van der Waals surface area contributed by atoms with Crippen molar-refractivity contribution < 1.29 is 19.2 Å². The minimum atomic E-state index is -0.514. The lowest BCUT2D eigenvalue weighted by molar-refractivity contribution is -0.384. The van der Waals surface area contributed by atoms with Crippen LogP contribution in [-0.2, 0) is 14.3 Å². The van der Waals surface area contributed by atoms with Gasteiger partial charge < -0.3 is 9.64 Å². The summed E-state index contributed by atoms with van der Waals surface area (Å²) < 4.78 is 5.19. The summed E-state index contributed by atoms with van der Waals surface area (Å²) in [6.45, 7) is 3.73. The van der Waals surface area contributed by atoms with Crippen molar-refractivity contribution in [3.05, 3.63) is 56.8 Å². The van der Waals surface area contributed by atoms with Crippen molar-refractivity contribution >= 4 is 23.6 Å². The molecule has 7 heteroatoms. The maximum atomic E-state index is 13.2. The average Bonchev–Trinajstić information content (AvgIpc) is 2.93. The molecule has 1 amide bonds. The number of non-ortho nitro benzene ring substituents is 1. The van der Waals surface area contributed by atoms with Crippen LogP contribution in [0, 0.1) is 10.1 Å². The molecule has 1 fully saturated rings. The first-order valence-electron chi connectivity index (χ1n) is 9.62. The second-order valence-corrected chi connectivity index (χ2v) is 7.05. The normalized spacial score (nSPS) is 19.4. The number of rotatable bonds is 5. The molecule has 0 unspecified atom stereocenters. The highest BCUT2D eigenvalue weighted by molar-refractivity contribution is 6.16. The second kappa shape index (κ2) is 8.37. The number of amides is 1. The third kappa shape index (κ3) is 3.83. The van der Waals surface area contributed by atoms with E-state index in [-0.39, 0.29) is 35.4 Å². The number of carbonyl (C=O) groups excluding carboxylic acids is 2. The van der Waals surface area contributed by atoms with Gasteiger partial charge >= 0.3 is 5.97 Å². The number of esters is 1. The van der Waals surface area contributed by atoms with Crippen molar-refractivity contribution in [2.45, 2.75) is 52.0 Å². The van der Waals surface area contributed by atoms with Gasteiger partial charge in [0.05, 0.1) is 22.7 Å². The topological polar surface area (TPSA) is 89.8 Å². The number of carbonyl (C=O) groups is 2. The molecule has 148 valence electrons. The maximum Gasteiger partial charge on any atom is 0.340 e. The highest BCUT2D eigenvalue weighted by atomic mass is 16.6. The third-order valence-electron chi connectivity index (χ3n) is 5.28. The fourth-order valence-corrected chi connectivity index (χ4v) is 3.94. The molecule has 1 aliphatic carbocycles. The van der Waals surface area contributed by atoms with Crippen molar-refractivity contribution in [2.75, 3.05) is 6.61 Å². The molecule has 1 saturated carbocycles. The van der Waals surface area contributed by atoms with Crippen LogP contribution in [0.25, 0.3) is 6.08 Å². The molecule has 1 heterocycles. The Morgan fingerprint density at radius 2 is 1.89 bits per heavy atom. The van der Waals surface area contributed by atoms with E-state index in [4.69, 9.17) is 4.74 Å². The van der Waals surface area contributed by atoms with E-state index in [0.717, 1.165) is 32.1 Å². The Kier molecular flexibility index (Phi) is 5.92. The SMILES string of the molecule is CCOC(=O)C1=C(C)N(C2CCCCC2)C(=O)/C1=C\c1ccc([N+](=O)[O-])cc1. The van der Waals surface area contributed by atoms with Gasteiger partial charge in [0.25, 0.3) is 11.6 Å². The number of nitrogens with zero attached hydrogens (tertiary/aromatic N) is 2. The van der Waals surface area contributed by atoms with Gasteiger partial charge in [-0.3, -0.25) is 14.9 Å². The predicted molar refractivity (Wildman–Crippen MR) is 104 cm³/mol. The van der Waals surface area contributed by atoms with Crippen molar-refractivity contribution in [1.29, 1.82) is 0 Å². The predicted octanol–water partition coefficient (Wildman–Crippen LogP) is 3.99. The molecule has 0 aromatic heterocycles. The average molecular weight is 384 g/mol. The van der Waals surface area contributed by atoms with E-state index in [1.165, 1.54) is 12.1 Å². The standard InChI is InChI=1S/C21H24N2O5/c1-3-28-21(25)19-14(2)22(16-7-5-4-6-8-16)20(24)18(19)13-15-9-11-17(12-10-15)23(26)27/h9-13,16H,3-8H2,1-2H3/b18-13-. The first-order valence-corrected chi connectivity index (χ1v) is 9.62. The third-order valence-corrected chi connectivity index (χ3v) is 5.28. The Labute approximate surface area is 163 Å². The van der Waals surface area contributed by atoms with Gasteiger partial charge in [0.1, 0.15) is 0 Å². The van der Waals surface area contributed by atoms with E-state index < -0.39 is 10.9 Å². The zero-order valence-electron chi connectivity index (χ0n) is 16.1. The van der Waals surface area contributed by atoms with E-state index in [0.29, 0.717) is 11.3 Å². The van der Waals surface area contributed by atoms with Gasteiger partial charge in [-0.25, -0.2) is 4.79 Å². The summed E-state index contributed by atoms with van der Waals surface area (Å²) in [5.41, 5.74) is 1.80. The summed E-state index contributed by atoms with van der Waals surface area (Å²) in [5, 5.41) is 10.8. The van der Waals surface area contributed by atoms with Crippen LogP contribution < -0.4 is 0 Å². The molecule has 3 rings (SSSR count). The van der Waals surface area contributed by atoms with Crippen LogP contribution in [0.15, 0.2) is 41.1 Å². The Balaban J connectivity index is 2.00. The summed E-state index contributed by atoms with van der Waals surface area (Å²) >= 11 is 0. The van der Waals surface area contributed by atoms with Crippen molar-refractivity contribution in [2.24, 2.45) is 0 Å². The van der Waals surface area contributed by atoms with Crippen LogP contribution in [-0.4, -0.2) is 34.3 Å². The van der Waals surface area contributed by atoms with Crippen LogP contribution in [0.1, 0.15) is 51.5 Å². The Hall–Kier alpha value is -2.96. The molecule has 0 spiro atoms. The molecule has 2 aliphatic rings. The number of ether oxygens (including phenoxy) is 1. The van der Waals surface area contributed by atoms with Gasteiger partial charge in [-0.2, -0.15) is 0 Å². The summed E-state index contributed by atoms with van der Waals surface area (Å²) in [6.07, 6.45) is 6.76. The lowest BCUT2D eigenvalue weighted by Crippen LogP contribution is -2.37. The molecule has 1 aromatic rings. The molecule has 0 bridgehead atoms. The molecule has 0 saturated heterocycles. The number of allylic oxidation sites excluding steroid dienone is 1. The van der Waals surface area contributed by atoms with Crippen LogP contribution >= 0.6 is 0 Å². The van der Waals surface area contributed by atoms with E-state index in [9.17, 15) is 19.7 Å². The first kappa shape index (κ1) is 19.8. The van der Waals surface area contributed by atoms with Crippen LogP contribution in [0.3, 0.4) is 0 Å². The number of nitro benzene ring substituents is 1. The zero-order valence-corrected chi connectivity index (χ0v) is 16.1. The first-order chi connectivity index (χ1) is 13.4. The van der Waals surface area contributed by atoms with Crippen molar-refractivity contribution in [3.63, 3.8) is 0 Å². The second-order valence-electron chi connectivity index (χ2n) is 7.05. The molecular weight excluding hydrogens is 360 g/mol.